The summed E-state index contributed by atoms with van der Waals surface area (Å²) in [7, 11) is 1.37. The van der Waals surface area contributed by atoms with Gasteiger partial charge >= 0.3 is 5.97 Å². The Hall–Kier alpha value is -1.78. The average Bonchev–Trinajstić information content (AvgIpc) is 2.98. The van der Waals surface area contributed by atoms with Gasteiger partial charge in [0.05, 0.1) is 24.6 Å². The third kappa shape index (κ3) is 3.65. The number of hydrogen-bond donors (Lipinski definition) is 1. The lowest BCUT2D eigenvalue weighted by atomic mass is 10.1. The SMILES string of the molecule is COC(=O)c1cc(N(CC(C)C)C2CCCC2)ncc1N. The summed E-state index contributed by atoms with van der Waals surface area (Å²) in [5.74, 6) is 0.948. The molecule has 1 aromatic rings. The first-order chi connectivity index (χ1) is 10.0. The Balaban J connectivity index is 2.32. The van der Waals surface area contributed by atoms with Crippen LogP contribution in [-0.4, -0.2) is 30.6 Å². The number of anilines is 2. The molecule has 0 aromatic carbocycles. The summed E-state index contributed by atoms with van der Waals surface area (Å²) in [5, 5.41) is 0. The summed E-state index contributed by atoms with van der Waals surface area (Å²) in [4.78, 5) is 18.6. The molecule has 2 N–H and O–H groups in total. The van der Waals surface area contributed by atoms with E-state index in [-0.39, 0.29) is 0 Å². The van der Waals surface area contributed by atoms with Crippen LogP contribution in [0.25, 0.3) is 0 Å². The van der Waals surface area contributed by atoms with E-state index in [4.69, 9.17) is 10.5 Å². The third-order valence-electron chi connectivity index (χ3n) is 3.95. The summed E-state index contributed by atoms with van der Waals surface area (Å²) >= 11 is 0. The molecule has 1 heterocycles. The van der Waals surface area contributed by atoms with Gasteiger partial charge in [0.1, 0.15) is 5.82 Å². The molecule has 1 fully saturated rings. The van der Waals surface area contributed by atoms with E-state index in [1.165, 1.54) is 32.8 Å². The molecular formula is C16H25N3O2. The zero-order chi connectivity index (χ0) is 15.4. The molecule has 21 heavy (non-hydrogen) atoms. The van der Waals surface area contributed by atoms with Gasteiger partial charge in [0.25, 0.3) is 0 Å². The summed E-state index contributed by atoms with van der Waals surface area (Å²) in [5.41, 5.74) is 6.60. The topological polar surface area (TPSA) is 68.5 Å². The van der Waals surface area contributed by atoms with Crippen LogP contribution in [0.4, 0.5) is 11.5 Å². The zero-order valence-corrected chi connectivity index (χ0v) is 13.1. The van der Waals surface area contributed by atoms with Crippen LogP contribution in [0, 0.1) is 5.92 Å². The smallest absolute Gasteiger partial charge is 0.340 e. The lowest BCUT2D eigenvalue weighted by Crippen LogP contribution is -2.37. The standard InChI is InChI=1S/C16H25N3O2/c1-11(2)10-19(12-6-4-5-7-12)15-8-13(16(20)21-3)14(17)9-18-15/h8-9,11-12H,4-7,10,17H2,1-3H3. The summed E-state index contributed by atoms with van der Waals surface area (Å²) in [6, 6.07) is 2.27. The molecular weight excluding hydrogens is 266 g/mol. The molecule has 1 aliphatic rings. The van der Waals surface area contributed by atoms with Crippen LogP contribution in [-0.2, 0) is 4.74 Å². The van der Waals surface area contributed by atoms with Crippen LogP contribution >= 0.6 is 0 Å². The number of aromatic nitrogens is 1. The highest BCUT2D eigenvalue weighted by molar-refractivity contribution is 5.95. The molecule has 0 amide bonds. The Labute approximate surface area is 126 Å². The van der Waals surface area contributed by atoms with Crippen LogP contribution in [0.5, 0.6) is 0 Å². The van der Waals surface area contributed by atoms with Gasteiger partial charge in [-0.05, 0) is 24.8 Å². The first-order valence-electron chi connectivity index (χ1n) is 7.63. The molecule has 0 saturated heterocycles. The van der Waals surface area contributed by atoms with Gasteiger partial charge in [-0.1, -0.05) is 26.7 Å². The molecule has 5 nitrogen and oxygen atoms in total. The number of methoxy groups -OCH3 is 1. The molecule has 1 aliphatic carbocycles. The average molecular weight is 291 g/mol. The number of carbonyl (C=O) groups excluding carboxylic acids is 1. The molecule has 0 radical (unpaired) electrons. The predicted molar refractivity (Wildman–Crippen MR) is 84.4 cm³/mol. The number of nitrogens with two attached hydrogens (primary N) is 1. The largest absolute Gasteiger partial charge is 0.465 e. The highest BCUT2D eigenvalue weighted by atomic mass is 16.5. The van der Waals surface area contributed by atoms with E-state index in [2.05, 4.69) is 23.7 Å². The number of nitrogens with zero attached hydrogens (tertiary/aromatic N) is 2. The van der Waals surface area contributed by atoms with E-state index in [1.807, 2.05) is 0 Å². The minimum atomic E-state index is -0.410. The fourth-order valence-electron chi connectivity index (χ4n) is 2.94. The summed E-state index contributed by atoms with van der Waals surface area (Å²) in [6.45, 7) is 5.32. The van der Waals surface area contributed by atoms with Crippen molar-refractivity contribution >= 4 is 17.5 Å². The molecule has 2 rings (SSSR count). The monoisotopic (exact) mass is 291 g/mol. The maximum absolute atomic E-state index is 11.8. The normalized spacial score (nSPS) is 15.4. The number of nitrogen functional groups attached to an aromatic ring is 1. The maximum atomic E-state index is 11.8. The number of ether oxygens (including phenoxy) is 1. The van der Waals surface area contributed by atoms with Gasteiger partial charge in [-0.25, -0.2) is 9.78 Å². The van der Waals surface area contributed by atoms with Gasteiger partial charge in [0, 0.05) is 12.6 Å². The van der Waals surface area contributed by atoms with Crippen LogP contribution < -0.4 is 10.6 Å². The highest BCUT2D eigenvalue weighted by Gasteiger charge is 2.25. The van der Waals surface area contributed by atoms with Gasteiger partial charge in [0.15, 0.2) is 0 Å². The first kappa shape index (κ1) is 15.6. The van der Waals surface area contributed by atoms with Crippen molar-refractivity contribution in [2.24, 2.45) is 5.92 Å². The highest BCUT2D eigenvalue weighted by Crippen LogP contribution is 2.29. The lowest BCUT2D eigenvalue weighted by molar-refractivity contribution is 0.0602. The molecule has 0 aliphatic heterocycles. The fourth-order valence-corrected chi connectivity index (χ4v) is 2.94. The minimum absolute atomic E-state index is 0.363. The molecule has 0 spiro atoms. The molecule has 116 valence electrons. The molecule has 0 bridgehead atoms. The van der Waals surface area contributed by atoms with Crippen LogP contribution in [0.3, 0.4) is 0 Å². The minimum Gasteiger partial charge on any atom is -0.465 e. The van der Waals surface area contributed by atoms with E-state index in [9.17, 15) is 4.79 Å². The van der Waals surface area contributed by atoms with E-state index in [1.54, 1.807) is 12.3 Å². The van der Waals surface area contributed by atoms with Crippen molar-refractivity contribution in [3.8, 4) is 0 Å². The molecule has 1 aromatic heterocycles. The van der Waals surface area contributed by atoms with Crippen molar-refractivity contribution in [2.45, 2.75) is 45.6 Å². The van der Waals surface area contributed by atoms with Crippen molar-refractivity contribution in [1.82, 2.24) is 4.98 Å². The maximum Gasteiger partial charge on any atom is 0.340 e. The third-order valence-corrected chi connectivity index (χ3v) is 3.95. The van der Waals surface area contributed by atoms with Crippen LogP contribution in [0.15, 0.2) is 12.3 Å². The van der Waals surface area contributed by atoms with Gasteiger partial charge in [0.2, 0.25) is 0 Å². The zero-order valence-electron chi connectivity index (χ0n) is 13.1. The summed E-state index contributed by atoms with van der Waals surface area (Å²) < 4.78 is 4.79. The summed E-state index contributed by atoms with van der Waals surface area (Å²) in [6.07, 6.45) is 6.46. The fraction of sp³-hybridized carbons (Fsp3) is 0.625. The van der Waals surface area contributed by atoms with E-state index in [0.29, 0.717) is 23.2 Å². The van der Waals surface area contributed by atoms with Crippen molar-refractivity contribution in [1.29, 1.82) is 0 Å². The second kappa shape index (κ2) is 6.78. The molecule has 0 unspecified atom stereocenters. The molecule has 0 atom stereocenters. The van der Waals surface area contributed by atoms with Crippen molar-refractivity contribution in [3.63, 3.8) is 0 Å². The Bertz CT molecular complexity index is 496. The Morgan fingerprint density at radius 1 is 1.48 bits per heavy atom. The number of esters is 1. The Morgan fingerprint density at radius 3 is 2.71 bits per heavy atom. The predicted octanol–water partition coefficient (Wildman–Crippen LogP) is 2.86. The van der Waals surface area contributed by atoms with Gasteiger partial charge in [-0.15, -0.1) is 0 Å². The number of rotatable bonds is 5. The van der Waals surface area contributed by atoms with Gasteiger partial charge < -0.3 is 15.4 Å². The lowest BCUT2D eigenvalue weighted by Gasteiger charge is -2.32. The first-order valence-corrected chi connectivity index (χ1v) is 7.63. The van der Waals surface area contributed by atoms with E-state index < -0.39 is 5.97 Å². The molecule has 5 heteroatoms. The Kier molecular flexibility index (Phi) is 5.04. The van der Waals surface area contributed by atoms with Crippen molar-refractivity contribution < 1.29 is 9.53 Å². The van der Waals surface area contributed by atoms with Gasteiger partial charge in [-0.2, -0.15) is 0 Å². The second-order valence-corrected chi connectivity index (χ2v) is 6.11. The van der Waals surface area contributed by atoms with Crippen molar-refractivity contribution in [3.05, 3.63) is 17.8 Å². The van der Waals surface area contributed by atoms with Gasteiger partial charge in [-0.3, -0.25) is 0 Å². The van der Waals surface area contributed by atoms with Crippen molar-refractivity contribution in [2.75, 3.05) is 24.3 Å². The van der Waals surface area contributed by atoms with Crippen LogP contribution in [0.1, 0.15) is 49.9 Å². The van der Waals surface area contributed by atoms with E-state index >= 15 is 0 Å². The molecule has 1 saturated carbocycles. The van der Waals surface area contributed by atoms with Crippen LogP contribution in [0.2, 0.25) is 0 Å². The number of pyridine rings is 1. The quantitative estimate of drug-likeness (QED) is 0.845. The number of carbonyl (C=O) groups is 1. The van der Waals surface area contributed by atoms with E-state index in [0.717, 1.165) is 12.4 Å². The number of hydrogen-bond acceptors (Lipinski definition) is 5. The Morgan fingerprint density at radius 2 is 2.14 bits per heavy atom. The second-order valence-electron chi connectivity index (χ2n) is 6.11.